The fourth-order valence-electron chi connectivity index (χ4n) is 2.18. The van der Waals surface area contributed by atoms with E-state index >= 15 is 0 Å². The number of ether oxygens (including phenoxy) is 1. The number of hydrogen-bond donors (Lipinski definition) is 2. The summed E-state index contributed by atoms with van der Waals surface area (Å²) in [5.74, 6) is 1.16. The van der Waals surface area contributed by atoms with Gasteiger partial charge in [-0.15, -0.1) is 0 Å². The van der Waals surface area contributed by atoms with Crippen LogP contribution in [0.4, 0.5) is 11.4 Å². The molecule has 0 aliphatic heterocycles. The van der Waals surface area contributed by atoms with Crippen LogP contribution in [0.2, 0.25) is 15.1 Å². The molecular weight excluding hydrogens is 411 g/mol. The molecule has 0 saturated carbocycles. The van der Waals surface area contributed by atoms with E-state index in [1.54, 1.807) is 24.3 Å². The molecule has 0 saturated heterocycles. The number of hydrogen-bond acceptors (Lipinski definition) is 2. The number of rotatable bonds is 4. The smallest absolute Gasteiger partial charge is 0.175 e. The SMILES string of the molecule is S=C(Nc1ccc(Cl)c(Cl)c1)Nc1cccc(Cl)c1Oc1ccccc1. The molecule has 26 heavy (non-hydrogen) atoms. The number of nitrogens with one attached hydrogen (secondary N) is 2. The van der Waals surface area contributed by atoms with Crippen LogP contribution in [0.25, 0.3) is 0 Å². The highest BCUT2D eigenvalue weighted by Crippen LogP contribution is 2.36. The third kappa shape index (κ3) is 4.80. The van der Waals surface area contributed by atoms with Gasteiger partial charge in [0.15, 0.2) is 10.9 Å². The van der Waals surface area contributed by atoms with E-state index in [2.05, 4.69) is 10.6 Å². The highest BCUT2D eigenvalue weighted by molar-refractivity contribution is 7.80. The van der Waals surface area contributed by atoms with Crippen molar-refractivity contribution >= 4 is 63.5 Å². The van der Waals surface area contributed by atoms with Gasteiger partial charge in [0.1, 0.15) is 5.75 Å². The Morgan fingerprint density at radius 2 is 1.54 bits per heavy atom. The quantitative estimate of drug-likeness (QED) is 0.433. The average molecular weight is 424 g/mol. The van der Waals surface area contributed by atoms with E-state index < -0.39 is 0 Å². The van der Waals surface area contributed by atoms with Crippen LogP contribution < -0.4 is 15.4 Å². The van der Waals surface area contributed by atoms with Gasteiger partial charge < -0.3 is 15.4 Å². The zero-order valence-corrected chi connectivity index (χ0v) is 16.4. The van der Waals surface area contributed by atoms with Crippen molar-refractivity contribution in [3.63, 3.8) is 0 Å². The zero-order chi connectivity index (χ0) is 18.5. The third-order valence-electron chi connectivity index (χ3n) is 3.36. The summed E-state index contributed by atoms with van der Waals surface area (Å²) in [6.45, 7) is 0. The molecule has 0 amide bonds. The Labute approximate surface area is 171 Å². The summed E-state index contributed by atoms with van der Waals surface area (Å²) in [5.41, 5.74) is 1.35. The fourth-order valence-corrected chi connectivity index (χ4v) is 2.91. The average Bonchev–Trinajstić information content (AvgIpc) is 2.62. The van der Waals surface area contributed by atoms with E-state index in [1.165, 1.54) is 0 Å². The standard InChI is InChI=1S/C19H13Cl3N2OS/c20-14-10-9-12(11-16(14)22)23-19(26)24-17-8-4-7-15(21)18(17)25-13-5-2-1-3-6-13/h1-11H,(H2,23,24,26). The first-order chi connectivity index (χ1) is 12.5. The molecule has 0 radical (unpaired) electrons. The van der Waals surface area contributed by atoms with Gasteiger partial charge >= 0.3 is 0 Å². The minimum atomic E-state index is 0.364. The lowest BCUT2D eigenvalue weighted by molar-refractivity contribution is 0.485. The van der Waals surface area contributed by atoms with Crippen molar-refractivity contribution in [2.75, 3.05) is 10.6 Å². The van der Waals surface area contributed by atoms with Crippen molar-refractivity contribution in [3.8, 4) is 11.5 Å². The van der Waals surface area contributed by atoms with Gasteiger partial charge in [0, 0.05) is 5.69 Å². The summed E-state index contributed by atoms with van der Waals surface area (Å²) in [5, 5.41) is 7.89. The molecule has 2 N–H and O–H groups in total. The molecule has 3 aromatic carbocycles. The van der Waals surface area contributed by atoms with Crippen LogP contribution in [0.3, 0.4) is 0 Å². The molecule has 3 aromatic rings. The van der Waals surface area contributed by atoms with E-state index in [-0.39, 0.29) is 0 Å². The summed E-state index contributed by atoms with van der Waals surface area (Å²) in [7, 11) is 0. The predicted molar refractivity (Wildman–Crippen MR) is 114 cm³/mol. The molecule has 0 bridgehead atoms. The van der Waals surface area contributed by atoms with Crippen molar-refractivity contribution in [2.45, 2.75) is 0 Å². The molecule has 3 nitrogen and oxygen atoms in total. The second-order valence-corrected chi connectivity index (χ2v) is 6.87. The highest BCUT2D eigenvalue weighted by atomic mass is 35.5. The maximum Gasteiger partial charge on any atom is 0.175 e. The van der Waals surface area contributed by atoms with E-state index in [4.69, 9.17) is 51.8 Å². The lowest BCUT2D eigenvalue weighted by Gasteiger charge is -2.16. The van der Waals surface area contributed by atoms with Crippen molar-refractivity contribution in [1.29, 1.82) is 0 Å². The Balaban J connectivity index is 1.77. The Morgan fingerprint density at radius 1 is 0.769 bits per heavy atom. The topological polar surface area (TPSA) is 33.3 Å². The Morgan fingerprint density at radius 3 is 2.27 bits per heavy atom. The van der Waals surface area contributed by atoms with Crippen LogP contribution in [0, 0.1) is 0 Å². The van der Waals surface area contributed by atoms with Crippen LogP contribution >= 0.6 is 47.0 Å². The van der Waals surface area contributed by atoms with E-state index in [1.807, 2.05) is 42.5 Å². The van der Waals surface area contributed by atoms with Crippen molar-refractivity contribution in [1.82, 2.24) is 0 Å². The van der Waals surface area contributed by atoms with E-state index in [9.17, 15) is 0 Å². The normalized spacial score (nSPS) is 10.3. The second-order valence-electron chi connectivity index (χ2n) is 5.24. The van der Waals surface area contributed by atoms with E-state index in [0.29, 0.717) is 43.1 Å². The van der Waals surface area contributed by atoms with Crippen LogP contribution in [-0.4, -0.2) is 5.11 Å². The van der Waals surface area contributed by atoms with Gasteiger partial charge in [0.05, 0.1) is 20.8 Å². The molecule has 0 aromatic heterocycles. The summed E-state index contributed by atoms with van der Waals surface area (Å²) < 4.78 is 5.91. The second kappa shape index (κ2) is 8.60. The molecule has 7 heteroatoms. The molecule has 0 fully saturated rings. The molecular formula is C19H13Cl3N2OS. The molecule has 0 atom stereocenters. The maximum atomic E-state index is 6.30. The Bertz CT molecular complexity index is 935. The lowest BCUT2D eigenvalue weighted by atomic mass is 10.3. The van der Waals surface area contributed by atoms with Crippen LogP contribution in [0.5, 0.6) is 11.5 Å². The molecule has 132 valence electrons. The number of thiocarbonyl (C=S) groups is 1. The highest BCUT2D eigenvalue weighted by Gasteiger charge is 2.11. The summed E-state index contributed by atoms with van der Waals surface area (Å²) >= 11 is 23.6. The van der Waals surface area contributed by atoms with Crippen LogP contribution in [0.1, 0.15) is 0 Å². The number of halogens is 3. The lowest BCUT2D eigenvalue weighted by Crippen LogP contribution is -2.19. The summed E-state index contributed by atoms with van der Waals surface area (Å²) in [4.78, 5) is 0. The number of benzene rings is 3. The number of para-hydroxylation sites is 2. The maximum absolute atomic E-state index is 6.30. The van der Waals surface area contributed by atoms with Gasteiger partial charge in [-0.1, -0.05) is 59.1 Å². The molecule has 0 heterocycles. The Hall–Kier alpha value is -1.98. The van der Waals surface area contributed by atoms with Crippen LogP contribution in [-0.2, 0) is 0 Å². The van der Waals surface area contributed by atoms with Crippen molar-refractivity contribution < 1.29 is 4.74 Å². The minimum absolute atomic E-state index is 0.364. The number of anilines is 2. The van der Waals surface area contributed by atoms with Crippen LogP contribution in [0.15, 0.2) is 66.7 Å². The predicted octanol–water partition coefficient (Wildman–Crippen LogP) is 7.25. The van der Waals surface area contributed by atoms with E-state index in [0.717, 1.165) is 0 Å². The van der Waals surface area contributed by atoms with Gasteiger partial charge in [0.25, 0.3) is 0 Å². The minimum Gasteiger partial charge on any atom is -0.454 e. The Kier molecular flexibility index (Phi) is 6.22. The van der Waals surface area contributed by atoms with Gasteiger partial charge in [0.2, 0.25) is 0 Å². The molecule has 0 aliphatic rings. The summed E-state index contributed by atoms with van der Waals surface area (Å²) in [6.07, 6.45) is 0. The first-order valence-electron chi connectivity index (χ1n) is 7.57. The fraction of sp³-hybridized carbons (Fsp3) is 0. The monoisotopic (exact) mass is 422 g/mol. The van der Waals surface area contributed by atoms with Gasteiger partial charge in [-0.3, -0.25) is 0 Å². The van der Waals surface area contributed by atoms with Gasteiger partial charge in [-0.2, -0.15) is 0 Å². The first kappa shape index (κ1) is 18.8. The molecule has 0 aliphatic carbocycles. The zero-order valence-electron chi connectivity index (χ0n) is 13.3. The molecule has 0 unspecified atom stereocenters. The first-order valence-corrected chi connectivity index (χ1v) is 9.11. The molecule has 3 rings (SSSR count). The summed E-state index contributed by atoms with van der Waals surface area (Å²) in [6, 6.07) is 19.9. The van der Waals surface area contributed by atoms with Crippen molar-refractivity contribution in [2.24, 2.45) is 0 Å². The van der Waals surface area contributed by atoms with Gasteiger partial charge in [-0.05, 0) is 54.7 Å². The van der Waals surface area contributed by atoms with Gasteiger partial charge in [-0.25, -0.2) is 0 Å². The molecule has 0 spiro atoms. The largest absolute Gasteiger partial charge is 0.454 e. The third-order valence-corrected chi connectivity index (χ3v) is 4.60. The van der Waals surface area contributed by atoms with Crippen molar-refractivity contribution in [3.05, 3.63) is 81.8 Å².